The highest BCUT2D eigenvalue weighted by Crippen LogP contribution is 2.28. The van der Waals surface area contributed by atoms with Crippen LogP contribution in [-0.4, -0.2) is 51.6 Å². The van der Waals surface area contributed by atoms with Gasteiger partial charge in [-0.1, -0.05) is 23.8 Å². The summed E-state index contributed by atoms with van der Waals surface area (Å²) >= 11 is 0. The van der Waals surface area contributed by atoms with Crippen molar-refractivity contribution in [3.8, 4) is 0 Å². The molecule has 0 saturated carbocycles. The van der Waals surface area contributed by atoms with Gasteiger partial charge in [0.25, 0.3) is 5.91 Å². The third kappa shape index (κ3) is 3.82. The van der Waals surface area contributed by atoms with E-state index in [-0.39, 0.29) is 10.8 Å². The number of piperazine rings is 1. The number of hydrogen-bond acceptors (Lipinski definition) is 5. The summed E-state index contributed by atoms with van der Waals surface area (Å²) in [4.78, 5) is 17.2. The van der Waals surface area contributed by atoms with Crippen LogP contribution in [0, 0.1) is 20.8 Å². The largest absolute Gasteiger partial charge is 0.368 e. The molecule has 2 aromatic carbocycles. The van der Waals surface area contributed by atoms with E-state index in [1.54, 1.807) is 23.1 Å². The minimum Gasteiger partial charge on any atom is -0.368 e. The molecule has 2 aromatic rings. The van der Waals surface area contributed by atoms with Crippen molar-refractivity contribution in [1.29, 1.82) is 0 Å². The van der Waals surface area contributed by atoms with E-state index in [0.717, 1.165) is 5.56 Å². The van der Waals surface area contributed by atoms with E-state index in [1.165, 1.54) is 16.8 Å². The van der Waals surface area contributed by atoms with Crippen LogP contribution < -0.4 is 14.9 Å². The minimum absolute atomic E-state index is 0.173. The molecule has 1 fully saturated rings. The number of nitrogens with zero attached hydrogens (tertiary/aromatic N) is 2. The zero-order valence-electron chi connectivity index (χ0n) is 16.9. The highest BCUT2D eigenvalue weighted by Gasteiger charge is 2.36. The fraction of sp³-hybridized carbons (Fsp3) is 0.381. The van der Waals surface area contributed by atoms with Gasteiger partial charge in [-0.2, -0.15) is 4.72 Å². The summed E-state index contributed by atoms with van der Waals surface area (Å²) in [6.07, 6.45) is -0.984. The topological polar surface area (TPSA) is 81.8 Å². The van der Waals surface area contributed by atoms with E-state index in [2.05, 4.69) is 47.0 Å². The number of fused-ring (bicyclic) bond motifs is 1. The minimum atomic E-state index is -3.73. The summed E-state index contributed by atoms with van der Waals surface area (Å²) in [5.41, 5.74) is 5.03. The number of aryl methyl sites for hydroxylation is 3. The van der Waals surface area contributed by atoms with Crippen LogP contribution in [0.3, 0.4) is 0 Å². The van der Waals surface area contributed by atoms with Gasteiger partial charge in [0.2, 0.25) is 10.0 Å². The molecule has 8 heteroatoms. The molecule has 4 rings (SSSR count). The van der Waals surface area contributed by atoms with Gasteiger partial charge in [0.15, 0.2) is 6.17 Å². The van der Waals surface area contributed by atoms with Crippen LogP contribution >= 0.6 is 0 Å². The number of carbonyl (C=O) groups is 1. The quantitative estimate of drug-likeness (QED) is 0.786. The number of benzene rings is 2. The number of anilines is 2. The second-order valence-corrected chi connectivity index (χ2v) is 9.48. The highest BCUT2D eigenvalue weighted by atomic mass is 32.2. The second kappa shape index (κ2) is 7.35. The molecule has 7 nitrogen and oxygen atoms in total. The Morgan fingerprint density at radius 2 is 1.62 bits per heavy atom. The predicted octanol–water partition coefficient (Wildman–Crippen LogP) is 1.99. The first-order valence-corrected chi connectivity index (χ1v) is 11.2. The molecule has 0 spiro atoms. The van der Waals surface area contributed by atoms with Crippen LogP contribution in [0.1, 0.15) is 16.7 Å². The Kier molecular flexibility index (Phi) is 5.00. The predicted molar refractivity (Wildman–Crippen MR) is 114 cm³/mol. The molecule has 1 unspecified atom stereocenters. The fourth-order valence-corrected chi connectivity index (χ4v) is 5.27. The van der Waals surface area contributed by atoms with E-state index in [9.17, 15) is 13.2 Å². The van der Waals surface area contributed by atoms with Gasteiger partial charge < -0.3 is 15.1 Å². The average Bonchev–Trinajstić information content (AvgIpc) is 2.66. The Hall–Kier alpha value is -2.58. The van der Waals surface area contributed by atoms with Crippen molar-refractivity contribution in [2.75, 3.05) is 36.4 Å². The first-order valence-electron chi connectivity index (χ1n) is 9.75. The van der Waals surface area contributed by atoms with E-state index in [0.29, 0.717) is 31.9 Å². The summed E-state index contributed by atoms with van der Waals surface area (Å²) in [6.45, 7) is 8.58. The van der Waals surface area contributed by atoms with E-state index in [4.69, 9.17) is 0 Å². The molecule has 0 bridgehead atoms. The number of rotatable bonds is 2. The average molecular weight is 415 g/mol. The zero-order valence-corrected chi connectivity index (χ0v) is 17.7. The third-order valence-corrected chi connectivity index (χ3v) is 7.01. The van der Waals surface area contributed by atoms with Gasteiger partial charge in [0.05, 0.1) is 5.69 Å². The lowest BCUT2D eigenvalue weighted by Gasteiger charge is -2.39. The van der Waals surface area contributed by atoms with Crippen LogP contribution in [-0.2, 0) is 14.8 Å². The first-order chi connectivity index (χ1) is 13.7. The lowest BCUT2D eigenvalue weighted by Crippen LogP contribution is -2.58. The zero-order chi connectivity index (χ0) is 20.8. The van der Waals surface area contributed by atoms with Gasteiger partial charge >= 0.3 is 0 Å². The molecular weight excluding hydrogens is 388 g/mol. The monoisotopic (exact) mass is 414 g/mol. The van der Waals surface area contributed by atoms with Gasteiger partial charge in [0, 0.05) is 31.9 Å². The number of amides is 1. The Balaban J connectivity index is 1.46. The summed E-state index contributed by atoms with van der Waals surface area (Å²) in [5.74, 6) is -0.249. The Morgan fingerprint density at radius 1 is 0.966 bits per heavy atom. The van der Waals surface area contributed by atoms with Crippen molar-refractivity contribution >= 4 is 27.3 Å². The smallest absolute Gasteiger partial charge is 0.261 e. The van der Waals surface area contributed by atoms with Gasteiger partial charge in [0.1, 0.15) is 4.90 Å². The summed E-state index contributed by atoms with van der Waals surface area (Å²) in [7, 11) is -3.73. The lowest BCUT2D eigenvalue weighted by atomic mass is 10.1. The fourth-order valence-electron chi connectivity index (χ4n) is 4.02. The van der Waals surface area contributed by atoms with Gasteiger partial charge in [-0.25, -0.2) is 8.42 Å². The number of carbonyl (C=O) groups excluding carboxylic acids is 1. The van der Waals surface area contributed by atoms with Crippen LogP contribution in [0.25, 0.3) is 0 Å². The van der Waals surface area contributed by atoms with E-state index < -0.39 is 16.2 Å². The standard InChI is InChI=1S/C21H26N4O3S/c1-14-4-6-18(16(3)12-14)24-8-10-25(11-9-24)21(26)20-22-17-13-15(2)5-7-19(17)29(27,28)23-20/h4-7,12-13,20,22-23H,8-11H2,1-3H3. The van der Waals surface area contributed by atoms with Crippen molar-refractivity contribution in [2.24, 2.45) is 0 Å². The van der Waals surface area contributed by atoms with E-state index in [1.807, 2.05) is 6.92 Å². The van der Waals surface area contributed by atoms with Crippen molar-refractivity contribution in [2.45, 2.75) is 31.8 Å². The molecule has 1 atom stereocenters. The Bertz CT molecular complexity index is 1060. The highest BCUT2D eigenvalue weighted by molar-refractivity contribution is 7.89. The van der Waals surface area contributed by atoms with Crippen molar-refractivity contribution in [1.82, 2.24) is 9.62 Å². The lowest BCUT2D eigenvalue weighted by molar-refractivity contribution is -0.132. The summed E-state index contributed by atoms with van der Waals surface area (Å²) < 4.78 is 27.6. The maximum atomic E-state index is 13.0. The third-order valence-electron chi connectivity index (χ3n) is 5.53. The van der Waals surface area contributed by atoms with Gasteiger partial charge in [-0.05, 0) is 50.1 Å². The molecule has 1 saturated heterocycles. The molecule has 2 heterocycles. The molecule has 0 radical (unpaired) electrons. The normalized spacial score (nSPS) is 20.7. The van der Waals surface area contributed by atoms with Crippen LogP contribution in [0.2, 0.25) is 0 Å². The molecular formula is C21H26N4O3S. The van der Waals surface area contributed by atoms with Crippen LogP contribution in [0.5, 0.6) is 0 Å². The Morgan fingerprint density at radius 3 is 2.31 bits per heavy atom. The van der Waals surface area contributed by atoms with Crippen molar-refractivity contribution in [3.63, 3.8) is 0 Å². The molecule has 1 amide bonds. The van der Waals surface area contributed by atoms with Gasteiger partial charge in [-0.15, -0.1) is 0 Å². The second-order valence-electron chi connectivity index (χ2n) is 7.80. The summed E-state index contributed by atoms with van der Waals surface area (Å²) in [5, 5.41) is 3.05. The van der Waals surface area contributed by atoms with Gasteiger partial charge in [-0.3, -0.25) is 4.79 Å². The molecule has 0 aliphatic carbocycles. The maximum Gasteiger partial charge on any atom is 0.261 e. The van der Waals surface area contributed by atoms with E-state index >= 15 is 0 Å². The van der Waals surface area contributed by atoms with Crippen molar-refractivity contribution in [3.05, 3.63) is 53.1 Å². The number of nitrogens with one attached hydrogen (secondary N) is 2. The molecule has 2 N–H and O–H groups in total. The summed E-state index contributed by atoms with van der Waals surface area (Å²) in [6, 6.07) is 11.4. The van der Waals surface area contributed by atoms with Crippen molar-refractivity contribution < 1.29 is 13.2 Å². The number of hydrogen-bond donors (Lipinski definition) is 2. The SMILES string of the molecule is Cc1ccc(N2CCN(C(=O)C3Nc4cc(C)ccc4S(=O)(=O)N3)CC2)c(C)c1. The molecule has 2 aliphatic heterocycles. The maximum absolute atomic E-state index is 13.0. The van der Waals surface area contributed by atoms with Crippen LogP contribution in [0.4, 0.5) is 11.4 Å². The molecule has 29 heavy (non-hydrogen) atoms. The number of sulfonamides is 1. The molecule has 0 aromatic heterocycles. The molecule has 2 aliphatic rings. The Labute approximate surface area is 171 Å². The molecule has 154 valence electrons. The first kappa shape index (κ1) is 19.7. The van der Waals surface area contributed by atoms with Crippen LogP contribution in [0.15, 0.2) is 41.3 Å².